The van der Waals surface area contributed by atoms with Gasteiger partial charge in [0.2, 0.25) is 0 Å². The molecule has 1 saturated carbocycles. The maximum absolute atomic E-state index is 10.6. The Morgan fingerprint density at radius 2 is 1.75 bits per heavy atom. The predicted molar refractivity (Wildman–Crippen MR) is 82.5 cm³/mol. The van der Waals surface area contributed by atoms with Crippen molar-refractivity contribution in [3.63, 3.8) is 0 Å². The third-order valence-corrected chi connectivity index (χ3v) is 5.50. The first kappa shape index (κ1) is 14.1. The van der Waals surface area contributed by atoms with E-state index in [9.17, 15) is 5.11 Å². The molecule has 0 bridgehead atoms. The molecular weight excluding hydrogens is 246 g/mol. The number of rotatable bonds is 3. The molecule has 0 aromatic heterocycles. The van der Waals surface area contributed by atoms with Gasteiger partial charge in [0.1, 0.15) is 0 Å². The summed E-state index contributed by atoms with van der Waals surface area (Å²) in [5, 5.41) is 10.6. The van der Waals surface area contributed by atoms with E-state index in [1.807, 2.05) is 30.3 Å². The summed E-state index contributed by atoms with van der Waals surface area (Å²) in [5.74, 6) is 1.84. The third kappa shape index (κ3) is 2.91. The highest BCUT2D eigenvalue weighted by Crippen LogP contribution is 2.37. The first-order valence-corrected chi connectivity index (χ1v) is 8.23. The lowest BCUT2D eigenvalue weighted by Crippen LogP contribution is -2.47. The van der Waals surface area contributed by atoms with Crippen LogP contribution in [0.4, 0.5) is 0 Å². The maximum atomic E-state index is 10.6. The van der Waals surface area contributed by atoms with Crippen LogP contribution < -0.4 is 0 Å². The van der Waals surface area contributed by atoms with E-state index in [-0.39, 0.29) is 12.1 Å². The molecule has 110 valence electrons. The maximum Gasteiger partial charge on any atom is 0.0942 e. The number of hydrogen-bond acceptors (Lipinski definition) is 2. The van der Waals surface area contributed by atoms with E-state index in [4.69, 9.17) is 0 Å². The highest BCUT2D eigenvalue weighted by Gasteiger charge is 2.34. The summed E-state index contributed by atoms with van der Waals surface area (Å²) in [4.78, 5) is 2.52. The topological polar surface area (TPSA) is 23.5 Å². The van der Waals surface area contributed by atoms with Gasteiger partial charge in [-0.15, -0.1) is 0 Å². The Bertz CT molecular complexity index is 419. The standard InChI is InChI=1S/C18H27NO/c1-14(18(20)16-8-3-2-4-9-16)19-12-11-15-7-5-6-10-17(15)13-19/h2-4,8-9,14-15,17-18,20H,5-7,10-13H2,1H3. The van der Waals surface area contributed by atoms with Crippen molar-refractivity contribution in [1.82, 2.24) is 4.90 Å². The highest BCUT2D eigenvalue weighted by molar-refractivity contribution is 5.18. The Labute approximate surface area is 122 Å². The Kier molecular flexibility index (Phi) is 4.42. The van der Waals surface area contributed by atoms with Crippen molar-refractivity contribution >= 4 is 0 Å². The zero-order valence-electron chi connectivity index (χ0n) is 12.5. The Hall–Kier alpha value is -0.860. The molecule has 2 heteroatoms. The fraction of sp³-hybridized carbons (Fsp3) is 0.667. The minimum atomic E-state index is -0.364. The molecule has 4 unspecified atom stereocenters. The number of fused-ring (bicyclic) bond motifs is 1. The van der Waals surface area contributed by atoms with Gasteiger partial charge in [0.15, 0.2) is 0 Å². The van der Waals surface area contributed by atoms with Gasteiger partial charge >= 0.3 is 0 Å². The van der Waals surface area contributed by atoms with Gasteiger partial charge in [-0.2, -0.15) is 0 Å². The number of piperidine rings is 1. The monoisotopic (exact) mass is 273 g/mol. The van der Waals surface area contributed by atoms with Crippen LogP contribution in [0.1, 0.15) is 50.7 Å². The van der Waals surface area contributed by atoms with Crippen molar-refractivity contribution in [1.29, 1.82) is 0 Å². The summed E-state index contributed by atoms with van der Waals surface area (Å²) < 4.78 is 0. The Morgan fingerprint density at radius 1 is 1.05 bits per heavy atom. The van der Waals surface area contributed by atoms with Gasteiger partial charge in [-0.3, -0.25) is 4.90 Å². The van der Waals surface area contributed by atoms with Gasteiger partial charge in [-0.25, -0.2) is 0 Å². The summed E-state index contributed by atoms with van der Waals surface area (Å²) in [6.07, 6.45) is 6.64. The van der Waals surface area contributed by atoms with Crippen LogP contribution in [-0.2, 0) is 0 Å². The van der Waals surface area contributed by atoms with Crippen LogP contribution in [0, 0.1) is 11.8 Å². The SMILES string of the molecule is CC(C(O)c1ccccc1)N1CCC2CCCCC2C1. The molecule has 0 spiro atoms. The molecule has 1 aromatic rings. The van der Waals surface area contributed by atoms with Crippen molar-refractivity contribution in [3.05, 3.63) is 35.9 Å². The quantitative estimate of drug-likeness (QED) is 0.909. The molecule has 1 aliphatic carbocycles. The second-order valence-corrected chi connectivity index (χ2v) is 6.68. The molecule has 1 aromatic carbocycles. The van der Waals surface area contributed by atoms with E-state index in [0.717, 1.165) is 23.9 Å². The minimum Gasteiger partial charge on any atom is -0.387 e. The van der Waals surface area contributed by atoms with E-state index in [1.165, 1.54) is 38.6 Å². The van der Waals surface area contributed by atoms with Crippen LogP contribution in [0.15, 0.2) is 30.3 Å². The molecule has 4 atom stereocenters. The van der Waals surface area contributed by atoms with Gasteiger partial charge in [0.05, 0.1) is 6.10 Å². The van der Waals surface area contributed by atoms with Crippen molar-refractivity contribution in [2.24, 2.45) is 11.8 Å². The number of hydrogen-bond donors (Lipinski definition) is 1. The molecule has 2 aliphatic rings. The normalized spacial score (nSPS) is 30.5. The first-order chi connectivity index (χ1) is 9.75. The molecule has 3 rings (SSSR count). The predicted octanol–water partition coefficient (Wildman–Crippen LogP) is 3.62. The zero-order chi connectivity index (χ0) is 13.9. The number of aliphatic hydroxyl groups is 1. The van der Waals surface area contributed by atoms with Crippen LogP contribution in [0.25, 0.3) is 0 Å². The molecule has 0 radical (unpaired) electrons. The smallest absolute Gasteiger partial charge is 0.0942 e. The summed E-state index contributed by atoms with van der Waals surface area (Å²) in [6, 6.07) is 10.3. The van der Waals surface area contributed by atoms with Crippen LogP contribution in [0.5, 0.6) is 0 Å². The van der Waals surface area contributed by atoms with Crippen LogP contribution >= 0.6 is 0 Å². The number of nitrogens with zero attached hydrogens (tertiary/aromatic N) is 1. The molecular formula is C18H27NO. The van der Waals surface area contributed by atoms with Gasteiger partial charge in [-0.1, -0.05) is 49.6 Å². The second-order valence-electron chi connectivity index (χ2n) is 6.68. The van der Waals surface area contributed by atoms with Gasteiger partial charge in [0, 0.05) is 12.6 Å². The average Bonchev–Trinajstić information content (AvgIpc) is 2.54. The van der Waals surface area contributed by atoms with E-state index < -0.39 is 0 Å². The summed E-state index contributed by atoms with van der Waals surface area (Å²) in [7, 11) is 0. The lowest BCUT2D eigenvalue weighted by Gasteiger charge is -2.44. The average molecular weight is 273 g/mol. The number of aliphatic hydroxyl groups excluding tert-OH is 1. The summed E-state index contributed by atoms with van der Waals surface area (Å²) in [5.41, 5.74) is 1.05. The zero-order valence-corrected chi connectivity index (χ0v) is 12.5. The lowest BCUT2D eigenvalue weighted by molar-refractivity contribution is 0.00535. The van der Waals surface area contributed by atoms with E-state index in [1.54, 1.807) is 0 Å². The van der Waals surface area contributed by atoms with Gasteiger partial charge in [0.25, 0.3) is 0 Å². The molecule has 2 fully saturated rings. The molecule has 1 heterocycles. The van der Waals surface area contributed by atoms with Crippen LogP contribution in [0.2, 0.25) is 0 Å². The Morgan fingerprint density at radius 3 is 2.50 bits per heavy atom. The van der Waals surface area contributed by atoms with Crippen LogP contribution in [0.3, 0.4) is 0 Å². The van der Waals surface area contributed by atoms with Crippen molar-refractivity contribution in [3.8, 4) is 0 Å². The first-order valence-electron chi connectivity index (χ1n) is 8.23. The van der Waals surface area contributed by atoms with Crippen molar-refractivity contribution < 1.29 is 5.11 Å². The molecule has 20 heavy (non-hydrogen) atoms. The summed E-state index contributed by atoms with van der Waals surface area (Å²) >= 11 is 0. The minimum absolute atomic E-state index is 0.222. The van der Waals surface area contributed by atoms with Crippen molar-refractivity contribution in [2.75, 3.05) is 13.1 Å². The van der Waals surface area contributed by atoms with E-state index in [2.05, 4.69) is 11.8 Å². The second kappa shape index (κ2) is 6.28. The fourth-order valence-electron chi connectivity index (χ4n) is 4.13. The van der Waals surface area contributed by atoms with Gasteiger partial charge in [-0.05, 0) is 43.7 Å². The Balaban J connectivity index is 1.64. The molecule has 1 aliphatic heterocycles. The van der Waals surface area contributed by atoms with E-state index >= 15 is 0 Å². The number of benzene rings is 1. The molecule has 0 amide bonds. The summed E-state index contributed by atoms with van der Waals surface area (Å²) in [6.45, 7) is 4.53. The highest BCUT2D eigenvalue weighted by atomic mass is 16.3. The third-order valence-electron chi connectivity index (χ3n) is 5.50. The largest absolute Gasteiger partial charge is 0.387 e. The number of likely N-dealkylation sites (tertiary alicyclic amines) is 1. The van der Waals surface area contributed by atoms with E-state index in [0.29, 0.717) is 0 Å². The van der Waals surface area contributed by atoms with Crippen molar-refractivity contribution in [2.45, 2.75) is 51.2 Å². The molecule has 2 nitrogen and oxygen atoms in total. The fourth-order valence-corrected chi connectivity index (χ4v) is 4.13. The van der Waals surface area contributed by atoms with Crippen LogP contribution in [-0.4, -0.2) is 29.1 Å². The molecule has 1 N–H and O–H groups in total. The molecule has 1 saturated heterocycles. The van der Waals surface area contributed by atoms with Gasteiger partial charge < -0.3 is 5.11 Å². The lowest BCUT2D eigenvalue weighted by atomic mass is 9.74.